The Bertz CT molecular complexity index is 647. The third kappa shape index (κ3) is 7.13. The molecule has 2 aromatic carbocycles. The van der Waals surface area contributed by atoms with Gasteiger partial charge in [0.25, 0.3) is 0 Å². The molecule has 2 rings (SSSR count). The molecule has 6 heteroatoms. The summed E-state index contributed by atoms with van der Waals surface area (Å²) in [5, 5.41) is 5.91. The second kappa shape index (κ2) is 11.5. The van der Waals surface area contributed by atoms with E-state index in [1.165, 1.54) is 0 Å². The van der Waals surface area contributed by atoms with Crippen LogP contribution >= 0.6 is 12.4 Å². The van der Waals surface area contributed by atoms with Crippen LogP contribution in [0.15, 0.2) is 48.5 Å². The van der Waals surface area contributed by atoms with Crippen LogP contribution in [0, 0.1) is 0 Å². The Morgan fingerprint density at radius 2 is 1.80 bits per heavy atom. The Balaban J connectivity index is 0.00000312. The SMILES string of the molecule is COCCNCC(=O)NCc1ccc(-c2cccc(OC)c2)cc1.Cl. The number of amides is 1. The van der Waals surface area contributed by atoms with Crippen LogP contribution in [0.5, 0.6) is 5.75 Å². The average molecular weight is 365 g/mol. The second-order valence-electron chi connectivity index (χ2n) is 5.38. The predicted molar refractivity (Wildman–Crippen MR) is 102 cm³/mol. The first-order chi connectivity index (χ1) is 11.7. The van der Waals surface area contributed by atoms with E-state index in [1.54, 1.807) is 14.2 Å². The van der Waals surface area contributed by atoms with Gasteiger partial charge in [0, 0.05) is 20.2 Å². The number of hydrogen-bond acceptors (Lipinski definition) is 4. The Labute approximate surface area is 155 Å². The summed E-state index contributed by atoms with van der Waals surface area (Å²) in [6, 6.07) is 16.1. The molecular formula is C19H25ClN2O3. The lowest BCUT2D eigenvalue weighted by atomic mass is 10.0. The number of carbonyl (C=O) groups is 1. The van der Waals surface area contributed by atoms with E-state index in [-0.39, 0.29) is 18.3 Å². The van der Waals surface area contributed by atoms with Crippen molar-refractivity contribution >= 4 is 18.3 Å². The van der Waals surface area contributed by atoms with E-state index in [2.05, 4.69) is 10.6 Å². The van der Waals surface area contributed by atoms with Crippen LogP contribution < -0.4 is 15.4 Å². The smallest absolute Gasteiger partial charge is 0.234 e. The van der Waals surface area contributed by atoms with Crippen molar-refractivity contribution in [2.24, 2.45) is 0 Å². The van der Waals surface area contributed by atoms with Gasteiger partial charge in [-0.1, -0.05) is 36.4 Å². The monoisotopic (exact) mass is 364 g/mol. The maximum atomic E-state index is 11.7. The van der Waals surface area contributed by atoms with Gasteiger partial charge in [0.2, 0.25) is 5.91 Å². The minimum absolute atomic E-state index is 0. The zero-order chi connectivity index (χ0) is 17.2. The highest BCUT2D eigenvalue weighted by Gasteiger charge is 2.02. The molecule has 0 aliphatic carbocycles. The molecule has 2 aromatic rings. The molecule has 0 radical (unpaired) electrons. The molecule has 0 atom stereocenters. The topological polar surface area (TPSA) is 59.6 Å². The van der Waals surface area contributed by atoms with Crippen molar-refractivity contribution in [1.82, 2.24) is 10.6 Å². The van der Waals surface area contributed by atoms with E-state index >= 15 is 0 Å². The van der Waals surface area contributed by atoms with Crippen molar-refractivity contribution in [2.75, 3.05) is 33.9 Å². The number of methoxy groups -OCH3 is 2. The molecular weight excluding hydrogens is 340 g/mol. The first-order valence-electron chi connectivity index (χ1n) is 7.92. The van der Waals surface area contributed by atoms with Crippen LogP contribution in [0.2, 0.25) is 0 Å². The Hall–Kier alpha value is -2.08. The number of ether oxygens (including phenoxy) is 2. The van der Waals surface area contributed by atoms with Crippen molar-refractivity contribution < 1.29 is 14.3 Å². The van der Waals surface area contributed by atoms with Gasteiger partial charge in [-0.3, -0.25) is 4.79 Å². The molecule has 0 unspecified atom stereocenters. The molecule has 0 aliphatic rings. The molecule has 0 spiro atoms. The largest absolute Gasteiger partial charge is 0.497 e. The minimum Gasteiger partial charge on any atom is -0.497 e. The lowest BCUT2D eigenvalue weighted by Crippen LogP contribution is -2.34. The molecule has 0 aromatic heterocycles. The van der Waals surface area contributed by atoms with E-state index < -0.39 is 0 Å². The van der Waals surface area contributed by atoms with Gasteiger partial charge in [-0.05, 0) is 28.8 Å². The lowest BCUT2D eigenvalue weighted by molar-refractivity contribution is -0.120. The standard InChI is InChI=1S/C19H24N2O3.ClH/c1-23-11-10-20-14-19(22)21-13-15-6-8-16(9-7-15)17-4-3-5-18(12-17)24-2;/h3-9,12,20H,10-11,13-14H2,1-2H3,(H,21,22);1H. The maximum Gasteiger partial charge on any atom is 0.234 e. The van der Waals surface area contributed by atoms with Crippen molar-refractivity contribution in [3.05, 3.63) is 54.1 Å². The zero-order valence-electron chi connectivity index (χ0n) is 14.6. The van der Waals surface area contributed by atoms with Gasteiger partial charge in [0.05, 0.1) is 20.3 Å². The highest BCUT2D eigenvalue weighted by Crippen LogP contribution is 2.23. The van der Waals surface area contributed by atoms with Crippen molar-refractivity contribution in [2.45, 2.75) is 6.54 Å². The van der Waals surface area contributed by atoms with Crippen molar-refractivity contribution in [3.63, 3.8) is 0 Å². The van der Waals surface area contributed by atoms with Gasteiger partial charge >= 0.3 is 0 Å². The van der Waals surface area contributed by atoms with Gasteiger partial charge < -0.3 is 20.1 Å². The molecule has 0 heterocycles. The normalized spacial score (nSPS) is 10.0. The number of nitrogens with one attached hydrogen (secondary N) is 2. The summed E-state index contributed by atoms with van der Waals surface area (Å²) in [7, 11) is 3.30. The molecule has 0 saturated heterocycles. The molecule has 5 nitrogen and oxygen atoms in total. The number of hydrogen-bond donors (Lipinski definition) is 2. The summed E-state index contributed by atoms with van der Waals surface area (Å²) in [4.78, 5) is 11.7. The Morgan fingerprint density at radius 1 is 1.04 bits per heavy atom. The van der Waals surface area contributed by atoms with Crippen LogP contribution in [-0.2, 0) is 16.1 Å². The molecule has 0 bridgehead atoms. The Morgan fingerprint density at radius 3 is 2.48 bits per heavy atom. The molecule has 0 aliphatic heterocycles. The second-order valence-corrected chi connectivity index (χ2v) is 5.38. The molecule has 0 fully saturated rings. The highest BCUT2D eigenvalue weighted by molar-refractivity contribution is 5.85. The van der Waals surface area contributed by atoms with Crippen LogP contribution in [-0.4, -0.2) is 39.8 Å². The van der Waals surface area contributed by atoms with Gasteiger partial charge in [-0.15, -0.1) is 12.4 Å². The van der Waals surface area contributed by atoms with Gasteiger partial charge in [0.15, 0.2) is 0 Å². The summed E-state index contributed by atoms with van der Waals surface area (Å²) in [6.45, 7) is 2.08. The fourth-order valence-electron chi connectivity index (χ4n) is 2.26. The van der Waals surface area contributed by atoms with Crippen molar-refractivity contribution in [3.8, 4) is 16.9 Å². The van der Waals surface area contributed by atoms with E-state index in [0.717, 1.165) is 22.4 Å². The average Bonchev–Trinajstić information content (AvgIpc) is 2.64. The van der Waals surface area contributed by atoms with Crippen LogP contribution in [0.1, 0.15) is 5.56 Å². The quantitative estimate of drug-likeness (QED) is 0.671. The van der Waals surface area contributed by atoms with E-state index in [1.807, 2.05) is 48.5 Å². The van der Waals surface area contributed by atoms with Crippen LogP contribution in [0.25, 0.3) is 11.1 Å². The third-order valence-electron chi connectivity index (χ3n) is 3.62. The highest BCUT2D eigenvalue weighted by atomic mass is 35.5. The summed E-state index contributed by atoms with van der Waals surface area (Å²) in [5.74, 6) is 0.813. The van der Waals surface area contributed by atoms with Gasteiger partial charge in [0.1, 0.15) is 5.75 Å². The van der Waals surface area contributed by atoms with E-state index in [0.29, 0.717) is 26.2 Å². The van der Waals surface area contributed by atoms with Crippen LogP contribution in [0.3, 0.4) is 0 Å². The predicted octanol–water partition coefficient (Wildman–Crippen LogP) is 2.64. The molecule has 1 amide bonds. The van der Waals surface area contributed by atoms with E-state index in [4.69, 9.17) is 9.47 Å². The zero-order valence-corrected chi connectivity index (χ0v) is 15.4. The van der Waals surface area contributed by atoms with Gasteiger partial charge in [-0.2, -0.15) is 0 Å². The molecule has 2 N–H and O–H groups in total. The maximum absolute atomic E-state index is 11.7. The fourth-order valence-corrected chi connectivity index (χ4v) is 2.26. The van der Waals surface area contributed by atoms with Gasteiger partial charge in [-0.25, -0.2) is 0 Å². The van der Waals surface area contributed by atoms with E-state index in [9.17, 15) is 4.79 Å². The summed E-state index contributed by atoms with van der Waals surface area (Å²) < 4.78 is 10.2. The number of carbonyl (C=O) groups excluding carboxylic acids is 1. The fraction of sp³-hybridized carbons (Fsp3) is 0.316. The molecule has 0 saturated carbocycles. The van der Waals surface area contributed by atoms with Crippen molar-refractivity contribution in [1.29, 1.82) is 0 Å². The van der Waals surface area contributed by atoms with Crippen LogP contribution in [0.4, 0.5) is 0 Å². The lowest BCUT2D eigenvalue weighted by Gasteiger charge is -2.08. The summed E-state index contributed by atoms with van der Waals surface area (Å²) >= 11 is 0. The number of halogens is 1. The Kier molecular flexibility index (Phi) is 9.62. The summed E-state index contributed by atoms with van der Waals surface area (Å²) in [6.07, 6.45) is 0. The number of benzene rings is 2. The first kappa shape index (κ1) is 21.0. The molecule has 25 heavy (non-hydrogen) atoms. The minimum atomic E-state index is -0.0250. The summed E-state index contributed by atoms with van der Waals surface area (Å²) in [5.41, 5.74) is 3.28. The first-order valence-corrected chi connectivity index (χ1v) is 7.92. The third-order valence-corrected chi connectivity index (χ3v) is 3.62. The number of rotatable bonds is 9. The molecule has 136 valence electrons.